The molecule has 7 heteroatoms. The van der Waals surface area contributed by atoms with Gasteiger partial charge < -0.3 is 0 Å². The van der Waals surface area contributed by atoms with Gasteiger partial charge in [-0.1, -0.05) is 0 Å². The fraction of sp³-hybridized carbons (Fsp3) is 0.438. The van der Waals surface area contributed by atoms with Gasteiger partial charge in [-0.05, 0) is 37.8 Å². The zero-order valence-electron chi connectivity index (χ0n) is 12.6. The molecule has 1 unspecified atom stereocenters. The van der Waals surface area contributed by atoms with Gasteiger partial charge in [0.2, 0.25) is 11.8 Å². The van der Waals surface area contributed by atoms with E-state index in [2.05, 4.69) is 5.32 Å². The van der Waals surface area contributed by atoms with E-state index in [1.54, 1.807) is 17.6 Å². The number of nitrogens with one attached hydrogen (secondary N) is 1. The van der Waals surface area contributed by atoms with E-state index in [1.165, 1.54) is 10.6 Å². The van der Waals surface area contributed by atoms with Crippen molar-refractivity contribution in [3.05, 3.63) is 34.0 Å². The van der Waals surface area contributed by atoms with Crippen LogP contribution in [-0.2, 0) is 9.59 Å². The molecule has 2 fully saturated rings. The van der Waals surface area contributed by atoms with Crippen LogP contribution < -0.4 is 11.0 Å². The van der Waals surface area contributed by atoms with Crippen molar-refractivity contribution in [1.29, 1.82) is 0 Å². The van der Waals surface area contributed by atoms with Crippen LogP contribution in [0, 0.1) is 12.7 Å². The predicted octanol–water partition coefficient (Wildman–Crippen LogP) is 1.56. The van der Waals surface area contributed by atoms with Gasteiger partial charge in [-0.3, -0.25) is 24.0 Å². The Morgan fingerprint density at radius 1 is 1.09 bits per heavy atom. The lowest BCUT2D eigenvalue weighted by atomic mass is 10.1. The lowest BCUT2D eigenvalue weighted by Crippen LogP contribution is -2.44. The van der Waals surface area contributed by atoms with Crippen molar-refractivity contribution in [2.75, 3.05) is 0 Å². The molecule has 1 aromatic carbocycles. The molecule has 0 spiro atoms. The molecule has 0 radical (unpaired) electrons. The minimum atomic E-state index is -0.773. The van der Waals surface area contributed by atoms with Crippen molar-refractivity contribution in [2.24, 2.45) is 0 Å². The fourth-order valence-corrected chi connectivity index (χ4v) is 3.28. The van der Waals surface area contributed by atoms with E-state index in [1.807, 2.05) is 0 Å². The Balaban J connectivity index is 1.97. The summed E-state index contributed by atoms with van der Waals surface area (Å²) in [6, 6.07) is 2.32. The maximum absolute atomic E-state index is 14.0. The van der Waals surface area contributed by atoms with Crippen molar-refractivity contribution in [2.45, 2.75) is 44.7 Å². The summed E-state index contributed by atoms with van der Waals surface area (Å²) in [5.41, 5.74) is 1.23. The number of amides is 2. The molecule has 2 aromatic rings. The van der Waals surface area contributed by atoms with Gasteiger partial charge in [0.25, 0.3) is 0 Å². The number of hydrogen-bond donors (Lipinski definition) is 1. The van der Waals surface area contributed by atoms with Crippen molar-refractivity contribution < 1.29 is 14.0 Å². The first-order valence-corrected chi connectivity index (χ1v) is 7.73. The Bertz CT molecular complexity index is 907. The van der Waals surface area contributed by atoms with Crippen LogP contribution in [0.1, 0.15) is 43.3 Å². The first-order chi connectivity index (χ1) is 11.0. The van der Waals surface area contributed by atoms with Gasteiger partial charge in [0.05, 0.1) is 11.0 Å². The second-order valence-corrected chi connectivity index (χ2v) is 6.31. The Kier molecular flexibility index (Phi) is 2.94. The van der Waals surface area contributed by atoms with E-state index in [-0.39, 0.29) is 30.5 Å². The highest BCUT2D eigenvalue weighted by atomic mass is 19.1. The number of hydrogen-bond acceptors (Lipinski definition) is 3. The van der Waals surface area contributed by atoms with Crippen LogP contribution in [0.5, 0.6) is 0 Å². The molecule has 2 heterocycles. The predicted molar refractivity (Wildman–Crippen MR) is 80.6 cm³/mol. The number of halogens is 1. The monoisotopic (exact) mass is 317 g/mol. The number of rotatable bonds is 2. The quantitative estimate of drug-likeness (QED) is 0.854. The molecule has 23 heavy (non-hydrogen) atoms. The lowest BCUT2D eigenvalue weighted by molar-refractivity contribution is -0.135. The van der Waals surface area contributed by atoms with Crippen molar-refractivity contribution in [3.63, 3.8) is 0 Å². The SMILES string of the molecule is Cc1cc2c(cc1F)n(C1CCC(=O)NC1=O)c(=O)n2C1CC1. The van der Waals surface area contributed by atoms with E-state index in [9.17, 15) is 18.8 Å². The Morgan fingerprint density at radius 2 is 1.78 bits per heavy atom. The standard InChI is InChI=1S/C16H16FN3O3/c1-8-6-12-13(7-10(8)17)20(16(23)19(12)9-2-3-9)11-4-5-14(21)18-15(11)22/h6-7,9,11H,2-5H2,1H3,(H,18,21,22). The number of imide groups is 1. The van der Waals surface area contributed by atoms with Crippen LogP contribution >= 0.6 is 0 Å². The number of imidazole rings is 1. The maximum atomic E-state index is 14.0. The molecule has 1 aliphatic carbocycles. The van der Waals surface area contributed by atoms with Crippen LogP contribution in [0.2, 0.25) is 0 Å². The summed E-state index contributed by atoms with van der Waals surface area (Å²) in [7, 11) is 0. The second kappa shape index (κ2) is 4.78. The third-order valence-corrected chi connectivity index (χ3v) is 4.62. The number of carbonyl (C=O) groups is 2. The molecule has 1 saturated carbocycles. The van der Waals surface area contributed by atoms with E-state index in [4.69, 9.17) is 0 Å². The third kappa shape index (κ3) is 2.10. The summed E-state index contributed by atoms with van der Waals surface area (Å²) in [4.78, 5) is 36.3. The lowest BCUT2D eigenvalue weighted by Gasteiger charge is -2.22. The zero-order valence-corrected chi connectivity index (χ0v) is 12.6. The molecule has 1 atom stereocenters. The highest BCUT2D eigenvalue weighted by molar-refractivity contribution is 6.00. The molecule has 4 rings (SSSR count). The molecule has 1 N–H and O–H groups in total. The van der Waals surface area contributed by atoms with Crippen molar-refractivity contribution in [3.8, 4) is 0 Å². The molecule has 0 bridgehead atoms. The number of aryl methyl sites for hydroxylation is 1. The average Bonchev–Trinajstić information content (AvgIpc) is 3.27. The largest absolute Gasteiger partial charge is 0.330 e. The summed E-state index contributed by atoms with van der Waals surface area (Å²) in [5, 5.41) is 2.26. The Labute approximate surface area is 130 Å². The summed E-state index contributed by atoms with van der Waals surface area (Å²) in [5.74, 6) is -1.25. The molecule has 1 aliphatic heterocycles. The topological polar surface area (TPSA) is 73.1 Å². The molecular weight excluding hydrogens is 301 g/mol. The van der Waals surface area contributed by atoms with Gasteiger partial charge in [-0.2, -0.15) is 0 Å². The van der Waals surface area contributed by atoms with Crippen LogP contribution in [-0.4, -0.2) is 20.9 Å². The van der Waals surface area contributed by atoms with Crippen molar-refractivity contribution >= 4 is 22.8 Å². The first kappa shape index (κ1) is 14.2. The highest BCUT2D eigenvalue weighted by Gasteiger charge is 2.35. The van der Waals surface area contributed by atoms with Crippen molar-refractivity contribution in [1.82, 2.24) is 14.5 Å². The first-order valence-electron chi connectivity index (χ1n) is 7.73. The molecular formula is C16H16FN3O3. The molecule has 1 saturated heterocycles. The van der Waals surface area contributed by atoms with Crippen LogP contribution in [0.3, 0.4) is 0 Å². The van der Waals surface area contributed by atoms with Gasteiger partial charge in [0, 0.05) is 18.5 Å². The molecule has 2 aliphatic rings. The minimum Gasteiger partial charge on any atom is -0.295 e. The number of piperidine rings is 1. The smallest absolute Gasteiger partial charge is 0.295 e. The number of aromatic nitrogens is 2. The second-order valence-electron chi connectivity index (χ2n) is 6.31. The van der Waals surface area contributed by atoms with Crippen LogP contribution in [0.25, 0.3) is 11.0 Å². The summed E-state index contributed by atoms with van der Waals surface area (Å²) in [6.07, 6.45) is 2.24. The van der Waals surface area contributed by atoms with E-state index in [0.717, 1.165) is 12.8 Å². The van der Waals surface area contributed by atoms with E-state index >= 15 is 0 Å². The summed E-state index contributed by atoms with van der Waals surface area (Å²) in [6.45, 7) is 1.65. The normalized spacial score (nSPS) is 21.7. The van der Waals surface area contributed by atoms with E-state index < -0.39 is 17.8 Å². The van der Waals surface area contributed by atoms with Gasteiger partial charge in [-0.25, -0.2) is 9.18 Å². The average molecular weight is 317 g/mol. The molecule has 2 amide bonds. The molecule has 1 aromatic heterocycles. The Hall–Kier alpha value is -2.44. The third-order valence-electron chi connectivity index (χ3n) is 4.62. The van der Waals surface area contributed by atoms with Gasteiger partial charge >= 0.3 is 5.69 Å². The minimum absolute atomic E-state index is 0.115. The maximum Gasteiger partial charge on any atom is 0.330 e. The zero-order chi connectivity index (χ0) is 16.3. The van der Waals surface area contributed by atoms with Gasteiger partial charge in [0.15, 0.2) is 0 Å². The number of fused-ring (bicyclic) bond motifs is 1. The number of nitrogens with zero attached hydrogens (tertiary/aromatic N) is 2. The van der Waals surface area contributed by atoms with E-state index in [0.29, 0.717) is 16.6 Å². The fourth-order valence-electron chi connectivity index (χ4n) is 3.28. The van der Waals surface area contributed by atoms with Crippen LogP contribution in [0.4, 0.5) is 4.39 Å². The van der Waals surface area contributed by atoms with Gasteiger partial charge in [-0.15, -0.1) is 0 Å². The summed E-state index contributed by atoms with van der Waals surface area (Å²) >= 11 is 0. The highest BCUT2D eigenvalue weighted by Crippen LogP contribution is 2.37. The Morgan fingerprint density at radius 3 is 2.43 bits per heavy atom. The summed E-state index contributed by atoms with van der Waals surface area (Å²) < 4.78 is 17.0. The molecule has 6 nitrogen and oxygen atoms in total. The molecule has 120 valence electrons. The number of carbonyl (C=O) groups excluding carboxylic acids is 2. The number of benzene rings is 1. The van der Waals surface area contributed by atoms with Crippen LogP contribution in [0.15, 0.2) is 16.9 Å². The van der Waals surface area contributed by atoms with Gasteiger partial charge in [0.1, 0.15) is 11.9 Å².